The fraction of sp³-hybridized carbons (Fsp3) is 0.286. The van der Waals surface area contributed by atoms with Crippen LogP contribution in [0.15, 0.2) is 30.6 Å². The molecule has 1 aromatic rings. The first kappa shape index (κ1) is 9.84. The van der Waals surface area contributed by atoms with Crippen LogP contribution in [0, 0.1) is 0 Å². The molecule has 3 heteroatoms. The smallest absolute Gasteiger partial charge is 0.171 e. The highest BCUT2D eigenvalue weighted by atomic mass is 127. The Morgan fingerprint density at radius 3 is 2.20 bits per heavy atom. The minimum atomic E-state index is 0. The van der Waals surface area contributed by atoms with Crippen molar-refractivity contribution in [3.05, 3.63) is 30.6 Å². The molecule has 0 fully saturated rings. The molecular weight excluding hydrogens is 241 g/mol. The van der Waals surface area contributed by atoms with E-state index in [9.17, 15) is 0 Å². The van der Waals surface area contributed by atoms with E-state index in [4.69, 9.17) is 5.11 Å². The second-order valence-corrected chi connectivity index (χ2v) is 1.84. The van der Waals surface area contributed by atoms with E-state index in [0.717, 1.165) is 0 Å². The van der Waals surface area contributed by atoms with Gasteiger partial charge >= 0.3 is 0 Å². The normalized spacial score (nSPS) is 8.50. The summed E-state index contributed by atoms with van der Waals surface area (Å²) in [6.07, 6.45) is 3.85. The second-order valence-electron chi connectivity index (χ2n) is 1.84. The summed E-state index contributed by atoms with van der Waals surface area (Å²) < 4.78 is 1.93. The van der Waals surface area contributed by atoms with Crippen molar-refractivity contribution in [1.82, 2.24) is 0 Å². The summed E-state index contributed by atoms with van der Waals surface area (Å²) in [7, 11) is 0. The number of aromatic nitrogens is 1. The van der Waals surface area contributed by atoms with Gasteiger partial charge in [-0.15, -0.1) is 0 Å². The van der Waals surface area contributed by atoms with Crippen LogP contribution >= 0.6 is 0 Å². The van der Waals surface area contributed by atoms with Gasteiger partial charge in [0.05, 0.1) is 0 Å². The summed E-state index contributed by atoms with van der Waals surface area (Å²) >= 11 is 0. The molecule has 10 heavy (non-hydrogen) atoms. The van der Waals surface area contributed by atoms with Crippen molar-refractivity contribution in [2.45, 2.75) is 6.54 Å². The minimum absolute atomic E-state index is 0. The average Bonchev–Trinajstić information content (AvgIpc) is 1.91. The molecule has 0 saturated carbocycles. The Bertz CT molecular complexity index is 167. The molecule has 0 saturated heterocycles. The van der Waals surface area contributed by atoms with Crippen molar-refractivity contribution in [3.8, 4) is 0 Å². The third kappa shape index (κ3) is 3.12. The lowest BCUT2D eigenvalue weighted by molar-refractivity contribution is -0.698. The highest BCUT2D eigenvalue weighted by Gasteiger charge is 1.91. The van der Waals surface area contributed by atoms with Gasteiger partial charge in [0, 0.05) is 12.1 Å². The van der Waals surface area contributed by atoms with Crippen molar-refractivity contribution >= 4 is 0 Å². The van der Waals surface area contributed by atoms with E-state index < -0.39 is 0 Å². The van der Waals surface area contributed by atoms with E-state index >= 15 is 0 Å². The molecule has 0 aliphatic carbocycles. The van der Waals surface area contributed by atoms with Gasteiger partial charge in [-0.05, 0) is 0 Å². The maximum Gasteiger partial charge on any atom is 0.171 e. The third-order valence-electron chi connectivity index (χ3n) is 1.14. The molecule has 0 spiro atoms. The molecule has 0 atom stereocenters. The van der Waals surface area contributed by atoms with Crippen LogP contribution < -0.4 is 28.5 Å². The van der Waals surface area contributed by atoms with E-state index in [2.05, 4.69) is 0 Å². The van der Waals surface area contributed by atoms with Gasteiger partial charge in [-0.25, -0.2) is 4.57 Å². The quantitative estimate of drug-likeness (QED) is 0.439. The van der Waals surface area contributed by atoms with Crippen LogP contribution in [0.2, 0.25) is 0 Å². The Kier molecular flexibility index (Phi) is 5.52. The molecule has 0 unspecified atom stereocenters. The topological polar surface area (TPSA) is 24.1 Å². The van der Waals surface area contributed by atoms with Gasteiger partial charge in [0.25, 0.3) is 0 Å². The van der Waals surface area contributed by atoms with Crippen LogP contribution in [0.5, 0.6) is 0 Å². The number of aliphatic hydroxyl groups is 1. The molecule has 1 N–H and O–H groups in total. The van der Waals surface area contributed by atoms with E-state index in [1.807, 2.05) is 35.2 Å². The van der Waals surface area contributed by atoms with Crippen molar-refractivity contribution in [3.63, 3.8) is 0 Å². The first-order valence-electron chi connectivity index (χ1n) is 2.98. The first-order chi connectivity index (χ1) is 4.43. The zero-order chi connectivity index (χ0) is 6.53. The number of aliphatic hydroxyl groups excluding tert-OH is 1. The predicted octanol–water partition coefficient (Wildman–Crippen LogP) is -3.03. The molecule has 2 nitrogen and oxygen atoms in total. The monoisotopic (exact) mass is 251 g/mol. The standard InChI is InChI=1S/C7H10NO.HI/c9-7-6-8-4-2-1-3-5-8;/h1-5,9H,6-7H2;1H/q+1;/p-1. The van der Waals surface area contributed by atoms with E-state index in [1.165, 1.54) is 0 Å². The minimum Gasteiger partial charge on any atom is -1.00 e. The van der Waals surface area contributed by atoms with Crippen LogP contribution in [0.4, 0.5) is 0 Å². The summed E-state index contributed by atoms with van der Waals surface area (Å²) in [6, 6.07) is 5.83. The molecule has 56 valence electrons. The molecule has 1 rings (SSSR count). The van der Waals surface area contributed by atoms with Gasteiger partial charge in [0.1, 0.15) is 6.61 Å². The SMILES string of the molecule is OCC[n+]1ccccc1.[I-]. The summed E-state index contributed by atoms with van der Waals surface area (Å²) in [5, 5.41) is 8.50. The van der Waals surface area contributed by atoms with Crippen LogP contribution in [0.25, 0.3) is 0 Å². The fourth-order valence-electron chi connectivity index (χ4n) is 0.699. The molecule has 0 radical (unpaired) electrons. The maximum atomic E-state index is 8.50. The average molecular weight is 251 g/mol. The largest absolute Gasteiger partial charge is 1.00 e. The lowest BCUT2D eigenvalue weighted by Crippen LogP contribution is -3.00. The zero-order valence-electron chi connectivity index (χ0n) is 5.57. The van der Waals surface area contributed by atoms with Crippen LogP contribution in [0.1, 0.15) is 0 Å². The second kappa shape index (κ2) is 5.61. The molecular formula is C7H10INO. The number of hydrogen-bond acceptors (Lipinski definition) is 1. The Labute approximate surface area is 77.5 Å². The number of rotatable bonds is 2. The Balaban J connectivity index is 0.000000810. The van der Waals surface area contributed by atoms with Gasteiger partial charge in [-0.3, -0.25) is 0 Å². The van der Waals surface area contributed by atoms with Gasteiger partial charge in [-0.2, -0.15) is 0 Å². The third-order valence-corrected chi connectivity index (χ3v) is 1.14. The van der Waals surface area contributed by atoms with E-state index in [0.29, 0.717) is 6.54 Å². The van der Waals surface area contributed by atoms with Crippen molar-refractivity contribution < 1.29 is 33.7 Å². The zero-order valence-corrected chi connectivity index (χ0v) is 7.73. The predicted molar refractivity (Wildman–Crippen MR) is 33.7 cm³/mol. The van der Waals surface area contributed by atoms with Crippen LogP contribution in [-0.4, -0.2) is 11.7 Å². The Morgan fingerprint density at radius 1 is 1.10 bits per heavy atom. The summed E-state index contributed by atoms with van der Waals surface area (Å²) in [4.78, 5) is 0. The van der Waals surface area contributed by atoms with Crippen LogP contribution in [0.3, 0.4) is 0 Å². The Morgan fingerprint density at radius 2 is 1.70 bits per heavy atom. The lowest BCUT2D eigenvalue weighted by atomic mass is 10.5. The van der Waals surface area contributed by atoms with Gasteiger partial charge in [-0.1, -0.05) is 6.07 Å². The molecule has 0 amide bonds. The molecule has 1 heterocycles. The van der Waals surface area contributed by atoms with E-state index in [-0.39, 0.29) is 30.6 Å². The van der Waals surface area contributed by atoms with Crippen molar-refractivity contribution in [2.24, 2.45) is 0 Å². The summed E-state index contributed by atoms with van der Waals surface area (Å²) in [6.45, 7) is 0.884. The van der Waals surface area contributed by atoms with Gasteiger partial charge in [0.15, 0.2) is 18.9 Å². The Hall–Kier alpha value is -0.160. The number of halogens is 1. The lowest BCUT2D eigenvalue weighted by Gasteiger charge is -1.88. The van der Waals surface area contributed by atoms with Gasteiger partial charge < -0.3 is 29.1 Å². The molecule has 1 aromatic heterocycles. The summed E-state index contributed by atoms with van der Waals surface area (Å²) in [5.41, 5.74) is 0. The number of nitrogens with zero attached hydrogens (tertiary/aromatic N) is 1. The fourth-order valence-corrected chi connectivity index (χ4v) is 0.699. The molecule has 0 aliphatic heterocycles. The maximum absolute atomic E-state index is 8.50. The van der Waals surface area contributed by atoms with Crippen molar-refractivity contribution in [2.75, 3.05) is 6.61 Å². The van der Waals surface area contributed by atoms with Crippen LogP contribution in [-0.2, 0) is 6.54 Å². The van der Waals surface area contributed by atoms with E-state index in [1.54, 1.807) is 0 Å². The first-order valence-corrected chi connectivity index (χ1v) is 2.98. The summed E-state index contributed by atoms with van der Waals surface area (Å²) in [5.74, 6) is 0. The number of hydrogen-bond donors (Lipinski definition) is 1. The highest BCUT2D eigenvalue weighted by Crippen LogP contribution is 1.75. The molecule has 0 aliphatic rings. The molecule has 0 bridgehead atoms. The van der Waals surface area contributed by atoms with Crippen molar-refractivity contribution in [1.29, 1.82) is 0 Å². The number of pyridine rings is 1. The molecule has 0 aromatic carbocycles. The highest BCUT2D eigenvalue weighted by molar-refractivity contribution is 4.83. The van der Waals surface area contributed by atoms with Gasteiger partial charge in [0.2, 0.25) is 0 Å².